The van der Waals surface area contributed by atoms with Crippen LogP contribution in [0.25, 0.3) is 0 Å². The zero-order valence-electron chi connectivity index (χ0n) is 12.1. The van der Waals surface area contributed by atoms with Crippen LogP contribution in [0, 0.1) is 0 Å². The minimum atomic E-state index is 0.416. The molecule has 0 aromatic heterocycles. The van der Waals surface area contributed by atoms with E-state index in [2.05, 4.69) is 47.5 Å². The first-order valence-corrected chi connectivity index (χ1v) is 7.83. The Labute approximate surface area is 117 Å². The highest BCUT2D eigenvalue weighted by Gasteiger charge is 2.37. The molecule has 1 spiro atoms. The van der Waals surface area contributed by atoms with Crippen molar-refractivity contribution in [3.8, 4) is 0 Å². The lowest BCUT2D eigenvalue weighted by Crippen LogP contribution is -2.61. The smallest absolute Gasteiger partial charge is 0.0321 e. The molecule has 19 heavy (non-hydrogen) atoms. The van der Waals surface area contributed by atoms with E-state index in [0.29, 0.717) is 11.6 Å². The SMILES string of the molecule is CC(c1ccccc1)N1CCNC2(CCCCC2)C1. The molecule has 1 aromatic rings. The van der Waals surface area contributed by atoms with Gasteiger partial charge >= 0.3 is 0 Å². The average Bonchev–Trinajstić information content (AvgIpc) is 2.48. The first-order chi connectivity index (χ1) is 9.29. The van der Waals surface area contributed by atoms with E-state index in [1.807, 2.05) is 0 Å². The standard InChI is InChI=1S/C17H26N2/c1-15(16-8-4-2-5-9-16)19-13-12-18-17(14-19)10-6-3-7-11-17/h2,4-5,8-9,15,18H,3,6-7,10-14H2,1H3. The van der Waals surface area contributed by atoms with Crippen LogP contribution in [0.15, 0.2) is 30.3 Å². The summed E-state index contributed by atoms with van der Waals surface area (Å²) >= 11 is 0. The molecule has 1 aromatic carbocycles. The molecule has 0 amide bonds. The lowest BCUT2D eigenvalue weighted by atomic mass is 9.79. The van der Waals surface area contributed by atoms with Crippen molar-refractivity contribution < 1.29 is 0 Å². The highest BCUT2D eigenvalue weighted by Crippen LogP contribution is 2.33. The van der Waals surface area contributed by atoms with E-state index >= 15 is 0 Å². The van der Waals surface area contributed by atoms with Gasteiger partial charge in [-0.1, -0.05) is 49.6 Å². The molecule has 1 heterocycles. The lowest BCUT2D eigenvalue weighted by molar-refractivity contribution is 0.0730. The minimum Gasteiger partial charge on any atom is -0.309 e. The Hall–Kier alpha value is -0.860. The van der Waals surface area contributed by atoms with Gasteiger partial charge in [0.25, 0.3) is 0 Å². The second-order valence-electron chi connectivity index (χ2n) is 6.32. The highest BCUT2D eigenvalue weighted by molar-refractivity contribution is 5.19. The molecule has 2 fully saturated rings. The van der Waals surface area contributed by atoms with Gasteiger partial charge in [0.1, 0.15) is 0 Å². The van der Waals surface area contributed by atoms with Crippen molar-refractivity contribution in [1.29, 1.82) is 0 Å². The van der Waals surface area contributed by atoms with Gasteiger partial charge in [-0.05, 0) is 25.3 Å². The average molecular weight is 258 g/mol. The van der Waals surface area contributed by atoms with Crippen molar-refractivity contribution in [2.75, 3.05) is 19.6 Å². The fraction of sp³-hybridized carbons (Fsp3) is 0.647. The molecule has 3 rings (SSSR count). The van der Waals surface area contributed by atoms with Crippen LogP contribution in [-0.2, 0) is 0 Å². The number of rotatable bonds is 2. The van der Waals surface area contributed by atoms with Gasteiger partial charge in [-0.3, -0.25) is 4.90 Å². The molecule has 1 atom stereocenters. The van der Waals surface area contributed by atoms with Gasteiger partial charge in [-0.25, -0.2) is 0 Å². The Morgan fingerprint density at radius 3 is 2.58 bits per heavy atom. The molecule has 1 saturated carbocycles. The van der Waals surface area contributed by atoms with Crippen LogP contribution < -0.4 is 5.32 Å². The van der Waals surface area contributed by atoms with E-state index in [9.17, 15) is 0 Å². The first-order valence-electron chi connectivity index (χ1n) is 7.83. The Morgan fingerprint density at radius 2 is 1.84 bits per heavy atom. The fourth-order valence-corrected chi connectivity index (χ4v) is 3.82. The normalized spacial score (nSPS) is 25.3. The van der Waals surface area contributed by atoms with Gasteiger partial charge in [0, 0.05) is 31.2 Å². The second-order valence-corrected chi connectivity index (χ2v) is 6.32. The third-order valence-corrected chi connectivity index (χ3v) is 5.05. The number of nitrogens with zero attached hydrogens (tertiary/aromatic N) is 1. The maximum absolute atomic E-state index is 3.83. The van der Waals surface area contributed by atoms with Crippen LogP contribution in [0.3, 0.4) is 0 Å². The summed E-state index contributed by atoms with van der Waals surface area (Å²) in [6.45, 7) is 5.91. The molecular weight excluding hydrogens is 232 g/mol. The van der Waals surface area contributed by atoms with E-state index < -0.39 is 0 Å². The van der Waals surface area contributed by atoms with Crippen molar-refractivity contribution in [2.24, 2.45) is 0 Å². The Balaban J connectivity index is 1.71. The summed E-state index contributed by atoms with van der Waals surface area (Å²) in [5, 5.41) is 3.83. The third kappa shape index (κ3) is 2.85. The topological polar surface area (TPSA) is 15.3 Å². The summed E-state index contributed by atoms with van der Waals surface area (Å²) in [6, 6.07) is 11.5. The maximum atomic E-state index is 3.83. The molecule has 2 heteroatoms. The Morgan fingerprint density at radius 1 is 1.11 bits per heavy atom. The van der Waals surface area contributed by atoms with Crippen molar-refractivity contribution in [3.63, 3.8) is 0 Å². The van der Waals surface area contributed by atoms with E-state index in [4.69, 9.17) is 0 Å². The summed E-state index contributed by atoms with van der Waals surface area (Å²) in [5.41, 5.74) is 1.87. The molecule has 1 unspecified atom stereocenters. The van der Waals surface area contributed by atoms with Crippen molar-refractivity contribution in [2.45, 2.75) is 50.6 Å². The van der Waals surface area contributed by atoms with Crippen LogP contribution in [0.2, 0.25) is 0 Å². The Kier molecular flexibility index (Phi) is 3.90. The van der Waals surface area contributed by atoms with E-state index in [1.165, 1.54) is 50.8 Å². The highest BCUT2D eigenvalue weighted by atomic mass is 15.2. The van der Waals surface area contributed by atoms with Crippen LogP contribution in [0.5, 0.6) is 0 Å². The quantitative estimate of drug-likeness (QED) is 0.875. The molecule has 0 radical (unpaired) electrons. The fourth-order valence-electron chi connectivity index (χ4n) is 3.82. The van der Waals surface area contributed by atoms with Gasteiger partial charge in [-0.2, -0.15) is 0 Å². The van der Waals surface area contributed by atoms with Crippen LogP contribution in [-0.4, -0.2) is 30.1 Å². The zero-order valence-corrected chi connectivity index (χ0v) is 12.1. The van der Waals surface area contributed by atoms with Gasteiger partial charge in [0.15, 0.2) is 0 Å². The van der Waals surface area contributed by atoms with E-state index in [-0.39, 0.29) is 0 Å². The molecular formula is C17H26N2. The molecule has 2 nitrogen and oxygen atoms in total. The largest absolute Gasteiger partial charge is 0.309 e. The predicted molar refractivity (Wildman–Crippen MR) is 80.2 cm³/mol. The summed E-state index contributed by atoms with van der Waals surface area (Å²) in [4.78, 5) is 2.68. The molecule has 1 N–H and O–H groups in total. The predicted octanol–water partition coefficient (Wildman–Crippen LogP) is 3.36. The van der Waals surface area contributed by atoms with Crippen LogP contribution >= 0.6 is 0 Å². The number of benzene rings is 1. The summed E-state index contributed by atoms with van der Waals surface area (Å²) in [7, 11) is 0. The molecule has 0 bridgehead atoms. The first kappa shape index (κ1) is 13.1. The van der Waals surface area contributed by atoms with Gasteiger partial charge in [-0.15, -0.1) is 0 Å². The summed E-state index contributed by atoms with van der Waals surface area (Å²) < 4.78 is 0. The van der Waals surface area contributed by atoms with Gasteiger partial charge in [0.05, 0.1) is 0 Å². The van der Waals surface area contributed by atoms with Gasteiger partial charge in [0.2, 0.25) is 0 Å². The third-order valence-electron chi connectivity index (χ3n) is 5.05. The Bertz CT molecular complexity index is 389. The molecule has 2 aliphatic rings. The number of nitrogens with one attached hydrogen (secondary N) is 1. The zero-order chi connectivity index (χ0) is 13.1. The summed E-state index contributed by atoms with van der Waals surface area (Å²) in [6.07, 6.45) is 6.97. The van der Waals surface area contributed by atoms with Crippen LogP contribution in [0.4, 0.5) is 0 Å². The summed E-state index contributed by atoms with van der Waals surface area (Å²) in [5.74, 6) is 0. The van der Waals surface area contributed by atoms with Crippen LogP contribution in [0.1, 0.15) is 50.6 Å². The molecule has 1 saturated heterocycles. The molecule has 1 aliphatic carbocycles. The van der Waals surface area contributed by atoms with E-state index in [1.54, 1.807) is 0 Å². The molecule has 1 aliphatic heterocycles. The lowest BCUT2D eigenvalue weighted by Gasteiger charge is -2.48. The minimum absolute atomic E-state index is 0.416. The number of piperazine rings is 1. The maximum Gasteiger partial charge on any atom is 0.0321 e. The molecule has 104 valence electrons. The monoisotopic (exact) mass is 258 g/mol. The van der Waals surface area contributed by atoms with E-state index in [0.717, 1.165) is 6.54 Å². The second kappa shape index (κ2) is 5.64. The van der Waals surface area contributed by atoms with Crippen molar-refractivity contribution in [3.05, 3.63) is 35.9 Å². The van der Waals surface area contributed by atoms with Gasteiger partial charge < -0.3 is 5.32 Å². The number of hydrogen-bond acceptors (Lipinski definition) is 2. The number of hydrogen-bond donors (Lipinski definition) is 1. The van der Waals surface area contributed by atoms with Crippen molar-refractivity contribution >= 4 is 0 Å². The van der Waals surface area contributed by atoms with Crippen molar-refractivity contribution in [1.82, 2.24) is 10.2 Å².